The molecule has 0 spiro atoms. The van der Waals surface area contributed by atoms with Gasteiger partial charge in [0.25, 0.3) is 0 Å². The van der Waals surface area contributed by atoms with Crippen molar-refractivity contribution < 1.29 is 9.18 Å². The second kappa shape index (κ2) is 3.62. The minimum atomic E-state index is -0.597. The summed E-state index contributed by atoms with van der Waals surface area (Å²) in [6.45, 7) is 0. The summed E-state index contributed by atoms with van der Waals surface area (Å²) in [5.74, 6) is -1.28. The maximum Gasteiger partial charge on any atom is 0.179 e. The molecule has 0 amide bonds. The van der Waals surface area contributed by atoms with Gasteiger partial charge >= 0.3 is 0 Å². The van der Waals surface area contributed by atoms with Gasteiger partial charge in [-0.15, -0.1) is 11.6 Å². The fourth-order valence-electron chi connectivity index (χ4n) is 0.942. The van der Waals surface area contributed by atoms with E-state index >= 15 is 0 Å². The summed E-state index contributed by atoms with van der Waals surface area (Å²) in [5.41, 5.74) is 11.0. The minimum absolute atomic E-state index is 0.0347. The summed E-state index contributed by atoms with van der Waals surface area (Å²) in [7, 11) is 0. The van der Waals surface area contributed by atoms with Crippen LogP contribution < -0.4 is 11.5 Å². The van der Waals surface area contributed by atoms with Crippen molar-refractivity contribution in [2.24, 2.45) is 0 Å². The van der Waals surface area contributed by atoms with Crippen molar-refractivity contribution in [2.75, 3.05) is 17.3 Å². The largest absolute Gasteiger partial charge is 0.397 e. The van der Waals surface area contributed by atoms with E-state index in [0.29, 0.717) is 0 Å². The minimum Gasteiger partial charge on any atom is -0.397 e. The molecule has 13 heavy (non-hydrogen) atoms. The van der Waals surface area contributed by atoms with Gasteiger partial charge in [-0.25, -0.2) is 4.39 Å². The summed E-state index contributed by atoms with van der Waals surface area (Å²) in [6, 6.07) is 2.08. The molecule has 1 aromatic rings. The Morgan fingerprint density at radius 1 is 1.46 bits per heavy atom. The van der Waals surface area contributed by atoms with Crippen LogP contribution in [0.3, 0.4) is 0 Å². The van der Waals surface area contributed by atoms with Gasteiger partial charge < -0.3 is 11.5 Å². The first-order valence-electron chi connectivity index (χ1n) is 3.50. The van der Waals surface area contributed by atoms with E-state index in [4.69, 9.17) is 23.1 Å². The van der Waals surface area contributed by atoms with Crippen LogP contribution in [0.2, 0.25) is 0 Å². The Morgan fingerprint density at radius 3 is 2.62 bits per heavy atom. The predicted octanol–water partition coefficient (Wildman–Crippen LogP) is 1.41. The number of carbonyl (C=O) groups is 1. The molecule has 0 bridgehead atoms. The van der Waals surface area contributed by atoms with Crippen LogP contribution in [0, 0.1) is 5.82 Å². The van der Waals surface area contributed by atoms with Gasteiger partial charge in [0.05, 0.1) is 17.3 Å². The van der Waals surface area contributed by atoms with Crippen molar-refractivity contribution in [1.82, 2.24) is 0 Å². The lowest BCUT2D eigenvalue weighted by atomic mass is 10.1. The summed E-state index contributed by atoms with van der Waals surface area (Å²) in [5, 5.41) is 0. The summed E-state index contributed by atoms with van der Waals surface area (Å²) >= 11 is 5.29. The Labute approximate surface area is 79.5 Å². The van der Waals surface area contributed by atoms with Gasteiger partial charge in [0.15, 0.2) is 5.78 Å². The Balaban J connectivity index is 3.28. The number of carbonyl (C=O) groups excluding carboxylic acids is 1. The average molecular weight is 203 g/mol. The molecule has 0 atom stereocenters. The summed E-state index contributed by atoms with van der Waals surface area (Å²) in [4.78, 5) is 11.1. The summed E-state index contributed by atoms with van der Waals surface area (Å²) in [6.07, 6.45) is 0. The van der Waals surface area contributed by atoms with E-state index < -0.39 is 11.6 Å². The normalized spacial score (nSPS) is 10.0. The molecule has 4 N–H and O–H groups in total. The van der Waals surface area contributed by atoms with Crippen LogP contribution >= 0.6 is 11.6 Å². The predicted molar refractivity (Wildman–Crippen MR) is 50.3 cm³/mol. The van der Waals surface area contributed by atoms with E-state index in [0.717, 1.165) is 12.1 Å². The average Bonchev–Trinajstić information content (AvgIpc) is 2.10. The molecule has 5 heteroatoms. The number of ketones is 1. The quantitative estimate of drug-likeness (QED) is 0.433. The zero-order chi connectivity index (χ0) is 10.0. The van der Waals surface area contributed by atoms with Gasteiger partial charge in [0, 0.05) is 5.56 Å². The third kappa shape index (κ3) is 1.89. The first-order chi connectivity index (χ1) is 6.06. The Kier molecular flexibility index (Phi) is 2.72. The molecule has 1 aromatic carbocycles. The van der Waals surface area contributed by atoms with Gasteiger partial charge in [0.2, 0.25) is 0 Å². The fraction of sp³-hybridized carbons (Fsp3) is 0.125. The van der Waals surface area contributed by atoms with E-state index in [2.05, 4.69) is 0 Å². The van der Waals surface area contributed by atoms with Gasteiger partial charge in [-0.05, 0) is 12.1 Å². The maximum absolute atomic E-state index is 12.8. The third-order valence-electron chi connectivity index (χ3n) is 1.60. The molecule has 1 rings (SSSR count). The highest BCUT2D eigenvalue weighted by Crippen LogP contribution is 2.22. The van der Waals surface area contributed by atoms with Crippen molar-refractivity contribution in [3.8, 4) is 0 Å². The van der Waals surface area contributed by atoms with E-state index in [1.807, 2.05) is 0 Å². The van der Waals surface area contributed by atoms with Crippen molar-refractivity contribution >= 4 is 28.8 Å². The first kappa shape index (κ1) is 9.80. The molecule has 0 aliphatic carbocycles. The third-order valence-corrected chi connectivity index (χ3v) is 1.84. The highest BCUT2D eigenvalue weighted by atomic mass is 35.5. The number of hydrogen-bond donors (Lipinski definition) is 2. The fourth-order valence-corrected chi connectivity index (χ4v) is 1.09. The Hall–Kier alpha value is -1.29. The Bertz CT molecular complexity index is 354. The molecule has 0 aliphatic heterocycles. The van der Waals surface area contributed by atoms with Gasteiger partial charge in [-0.2, -0.15) is 0 Å². The first-order valence-corrected chi connectivity index (χ1v) is 4.03. The lowest BCUT2D eigenvalue weighted by Crippen LogP contribution is -2.08. The molecular weight excluding hydrogens is 195 g/mol. The standard InChI is InChI=1S/C8H8ClFN2O/c9-3-7(13)5-1-4(10)2-6(11)8(5)12/h1-2H,3,11-12H2. The highest BCUT2D eigenvalue weighted by molar-refractivity contribution is 6.31. The molecular formula is C8H8ClFN2O. The summed E-state index contributed by atoms with van der Waals surface area (Å²) < 4.78 is 12.8. The van der Waals surface area contributed by atoms with Crippen LogP contribution in [0.1, 0.15) is 10.4 Å². The molecule has 70 valence electrons. The number of Topliss-reactive ketones (excluding diaryl/α,β-unsaturated/α-hetero) is 1. The van der Waals surface area contributed by atoms with Crippen LogP contribution in [0.4, 0.5) is 15.8 Å². The van der Waals surface area contributed by atoms with E-state index in [9.17, 15) is 9.18 Å². The smallest absolute Gasteiger partial charge is 0.179 e. The number of nitrogens with two attached hydrogens (primary N) is 2. The molecule has 0 aliphatic rings. The van der Waals surface area contributed by atoms with Crippen LogP contribution in [-0.4, -0.2) is 11.7 Å². The second-order valence-electron chi connectivity index (χ2n) is 2.51. The molecule has 0 saturated carbocycles. The van der Waals surface area contributed by atoms with E-state index in [-0.39, 0.29) is 22.8 Å². The van der Waals surface area contributed by atoms with Crippen molar-refractivity contribution in [3.05, 3.63) is 23.5 Å². The number of benzene rings is 1. The molecule has 0 radical (unpaired) electrons. The topological polar surface area (TPSA) is 69.1 Å². The number of alkyl halides is 1. The molecule has 0 fully saturated rings. The van der Waals surface area contributed by atoms with Crippen molar-refractivity contribution in [1.29, 1.82) is 0 Å². The van der Waals surface area contributed by atoms with E-state index in [1.165, 1.54) is 0 Å². The monoisotopic (exact) mass is 202 g/mol. The van der Waals surface area contributed by atoms with Crippen molar-refractivity contribution in [3.63, 3.8) is 0 Å². The van der Waals surface area contributed by atoms with Crippen LogP contribution in [0.15, 0.2) is 12.1 Å². The number of anilines is 2. The van der Waals surface area contributed by atoms with Crippen LogP contribution in [0.5, 0.6) is 0 Å². The molecule has 0 saturated heterocycles. The van der Waals surface area contributed by atoms with Crippen LogP contribution in [0.25, 0.3) is 0 Å². The number of halogens is 2. The SMILES string of the molecule is Nc1cc(F)cc(C(=O)CCl)c1N. The maximum atomic E-state index is 12.8. The van der Waals surface area contributed by atoms with Gasteiger partial charge in [-0.3, -0.25) is 4.79 Å². The highest BCUT2D eigenvalue weighted by Gasteiger charge is 2.12. The van der Waals surface area contributed by atoms with Gasteiger partial charge in [0.1, 0.15) is 5.82 Å². The number of hydrogen-bond acceptors (Lipinski definition) is 3. The number of nitrogen functional groups attached to an aromatic ring is 2. The molecule has 3 nitrogen and oxygen atoms in total. The lowest BCUT2D eigenvalue weighted by Gasteiger charge is -2.05. The lowest BCUT2D eigenvalue weighted by molar-refractivity contribution is 0.102. The molecule has 0 aromatic heterocycles. The molecule has 0 heterocycles. The second-order valence-corrected chi connectivity index (χ2v) is 2.78. The Morgan fingerprint density at radius 2 is 2.08 bits per heavy atom. The van der Waals surface area contributed by atoms with E-state index in [1.54, 1.807) is 0 Å². The van der Waals surface area contributed by atoms with Crippen LogP contribution in [-0.2, 0) is 0 Å². The molecule has 0 unspecified atom stereocenters. The zero-order valence-electron chi connectivity index (χ0n) is 6.68. The number of rotatable bonds is 2. The van der Waals surface area contributed by atoms with Crippen molar-refractivity contribution in [2.45, 2.75) is 0 Å². The zero-order valence-corrected chi connectivity index (χ0v) is 7.44. The van der Waals surface area contributed by atoms with Gasteiger partial charge in [-0.1, -0.05) is 0 Å².